The Labute approximate surface area is 348 Å². The summed E-state index contributed by atoms with van der Waals surface area (Å²) in [7, 11) is 0. The third-order valence-corrected chi connectivity index (χ3v) is 12.1. The highest BCUT2D eigenvalue weighted by Crippen LogP contribution is 2.47. The zero-order valence-corrected chi connectivity index (χ0v) is 32.8. The Kier molecular flexibility index (Phi) is 7.82. The summed E-state index contributed by atoms with van der Waals surface area (Å²) >= 11 is 0. The van der Waals surface area contributed by atoms with E-state index < -0.39 is 0 Å². The first-order chi connectivity index (χ1) is 29.6. The molecule has 0 bridgehead atoms. The fourth-order valence-electron chi connectivity index (χ4n) is 9.20. The number of anilines is 3. The van der Waals surface area contributed by atoms with E-state index in [4.69, 9.17) is 13.9 Å². The van der Waals surface area contributed by atoms with Crippen LogP contribution in [0.15, 0.2) is 205 Å². The maximum absolute atomic E-state index is 7.09. The minimum absolute atomic E-state index is 0.0957. The van der Waals surface area contributed by atoms with E-state index in [9.17, 15) is 0 Å². The quantitative estimate of drug-likeness (QED) is 0.158. The molecule has 4 nitrogen and oxygen atoms in total. The largest absolute Gasteiger partial charge is 0.458 e. The lowest BCUT2D eigenvalue weighted by molar-refractivity contribution is 0.465. The maximum atomic E-state index is 7.09. The summed E-state index contributed by atoms with van der Waals surface area (Å²) in [5, 5.41) is 2.14. The van der Waals surface area contributed by atoms with Gasteiger partial charge >= 0.3 is 0 Å². The molecule has 0 aliphatic carbocycles. The summed E-state index contributed by atoms with van der Waals surface area (Å²) in [5.41, 5.74) is 15.6. The number of furan rings is 1. The van der Waals surface area contributed by atoms with Gasteiger partial charge < -0.3 is 18.8 Å². The molecule has 0 amide bonds. The molecular formula is C55H36BNO3. The number of rotatable bonds is 6. The molecule has 0 fully saturated rings. The SMILES string of the molecule is Cc1ccc(-c2ccccc2)cc1N(c1cc2c3c(c1)Oc1cc(-c4ccccc4)ccc1B3c1ccc(-c3ccccc3)cc1O2)c1cccc2c1oc1ccccc12. The van der Waals surface area contributed by atoms with Crippen molar-refractivity contribution in [2.45, 2.75) is 6.92 Å². The Balaban J connectivity index is 1.11. The summed E-state index contributed by atoms with van der Waals surface area (Å²) in [6.45, 7) is 2.07. The van der Waals surface area contributed by atoms with E-state index in [2.05, 4.69) is 200 Å². The van der Waals surface area contributed by atoms with Gasteiger partial charge in [-0.15, -0.1) is 0 Å². The number of fused-ring (bicyclic) bond motifs is 7. The predicted octanol–water partition coefficient (Wildman–Crippen LogP) is 13.1. The fourth-order valence-corrected chi connectivity index (χ4v) is 9.20. The number of hydrogen-bond donors (Lipinski definition) is 0. The molecule has 0 saturated heterocycles. The third kappa shape index (κ3) is 5.54. The minimum Gasteiger partial charge on any atom is -0.458 e. The van der Waals surface area contributed by atoms with Crippen LogP contribution in [0.3, 0.4) is 0 Å². The molecule has 12 rings (SSSR count). The van der Waals surface area contributed by atoms with Gasteiger partial charge in [-0.1, -0.05) is 158 Å². The summed E-state index contributed by atoms with van der Waals surface area (Å²) in [6.07, 6.45) is 0. The second-order valence-electron chi connectivity index (χ2n) is 15.7. The van der Waals surface area contributed by atoms with Crippen molar-refractivity contribution >= 4 is 62.1 Å². The fraction of sp³-hybridized carbons (Fsp3) is 0.0182. The smallest absolute Gasteiger partial charge is 0.260 e. The molecule has 2 aliphatic heterocycles. The summed E-state index contributed by atoms with van der Waals surface area (Å²) in [5.74, 6) is 3.21. The van der Waals surface area contributed by atoms with E-state index in [0.717, 1.165) is 117 Å². The van der Waals surface area contributed by atoms with E-state index in [1.807, 2.05) is 12.1 Å². The molecule has 9 aromatic carbocycles. The second kappa shape index (κ2) is 13.7. The highest BCUT2D eigenvalue weighted by Gasteiger charge is 2.41. The first kappa shape index (κ1) is 34.3. The number of nitrogens with zero attached hydrogens (tertiary/aromatic N) is 1. The van der Waals surface area contributed by atoms with Crippen molar-refractivity contribution in [3.05, 3.63) is 206 Å². The Hall–Kier alpha value is -7.76. The van der Waals surface area contributed by atoms with Gasteiger partial charge in [0.15, 0.2) is 5.58 Å². The van der Waals surface area contributed by atoms with Crippen molar-refractivity contribution in [2.24, 2.45) is 0 Å². The van der Waals surface area contributed by atoms with Crippen LogP contribution in [0.2, 0.25) is 0 Å². The first-order valence-electron chi connectivity index (χ1n) is 20.4. The van der Waals surface area contributed by atoms with Gasteiger partial charge in [0.1, 0.15) is 28.6 Å². The normalized spacial score (nSPS) is 12.3. The lowest BCUT2D eigenvalue weighted by Gasteiger charge is -2.35. The molecule has 282 valence electrons. The van der Waals surface area contributed by atoms with Crippen LogP contribution in [0.25, 0.3) is 55.3 Å². The van der Waals surface area contributed by atoms with E-state index in [1.54, 1.807) is 0 Å². The molecule has 1 aromatic heterocycles. The Bertz CT molecular complexity index is 3170. The van der Waals surface area contributed by atoms with Crippen LogP contribution in [0.1, 0.15) is 5.56 Å². The Morgan fingerprint density at radius 3 is 1.52 bits per heavy atom. The van der Waals surface area contributed by atoms with Crippen molar-refractivity contribution < 1.29 is 13.9 Å². The average molecular weight is 770 g/mol. The molecule has 0 spiro atoms. The lowest BCUT2D eigenvalue weighted by atomic mass is 9.34. The molecule has 10 aromatic rings. The van der Waals surface area contributed by atoms with Gasteiger partial charge in [-0.3, -0.25) is 0 Å². The molecule has 0 atom stereocenters. The van der Waals surface area contributed by atoms with Gasteiger partial charge in [-0.05, 0) is 87.1 Å². The van der Waals surface area contributed by atoms with Crippen molar-refractivity contribution in [1.82, 2.24) is 0 Å². The maximum Gasteiger partial charge on any atom is 0.260 e. The standard InChI is InChI=1S/C55H36BNO3/c1-35-24-25-39(36-14-5-2-6-15-36)30-48(35)57(47-22-13-21-44-43-20-11-12-23-49(43)60-55(44)47)42-33-52-54-53(34-42)59-51-32-41(38-18-9-4-10-19-38)27-29-46(51)56(54)45-28-26-40(31-50(45)58-52)37-16-7-3-8-17-37/h2-34H,1H3. The van der Waals surface area contributed by atoms with Gasteiger partial charge in [0.25, 0.3) is 6.71 Å². The highest BCUT2D eigenvalue weighted by molar-refractivity contribution is 6.98. The summed E-state index contributed by atoms with van der Waals surface area (Å²) in [6, 6.07) is 70.5. The number of benzene rings is 9. The van der Waals surface area contributed by atoms with Gasteiger partial charge in [0, 0.05) is 34.1 Å². The van der Waals surface area contributed by atoms with Crippen LogP contribution in [0, 0.1) is 6.92 Å². The van der Waals surface area contributed by atoms with Crippen LogP contribution in [-0.2, 0) is 0 Å². The molecule has 0 N–H and O–H groups in total. The highest BCUT2D eigenvalue weighted by atomic mass is 16.5. The predicted molar refractivity (Wildman–Crippen MR) is 247 cm³/mol. The zero-order chi connectivity index (χ0) is 39.7. The van der Waals surface area contributed by atoms with E-state index in [1.165, 1.54) is 0 Å². The van der Waals surface area contributed by atoms with Crippen molar-refractivity contribution in [1.29, 1.82) is 0 Å². The summed E-state index contributed by atoms with van der Waals surface area (Å²) < 4.78 is 20.9. The number of hydrogen-bond acceptors (Lipinski definition) is 4. The second-order valence-corrected chi connectivity index (χ2v) is 15.7. The van der Waals surface area contributed by atoms with Gasteiger partial charge in [0.2, 0.25) is 0 Å². The van der Waals surface area contributed by atoms with Crippen molar-refractivity contribution in [3.63, 3.8) is 0 Å². The molecule has 5 heteroatoms. The van der Waals surface area contributed by atoms with Crippen molar-refractivity contribution in [3.8, 4) is 56.4 Å². The van der Waals surface area contributed by atoms with E-state index >= 15 is 0 Å². The number of ether oxygens (including phenoxy) is 2. The molecule has 2 aliphatic rings. The van der Waals surface area contributed by atoms with Crippen LogP contribution < -0.4 is 30.8 Å². The monoisotopic (exact) mass is 769 g/mol. The Morgan fingerprint density at radius 2 is 0.917 bits per heavy atom. The van der Waals surface area contributed by atoms with Gasteiger partial charge in [-0.25, -0.2) is 0 Å². The van der Waals surface area contributed by atoms with Crippen LogP contribution in [0.5, 0.6) is 23.0 Å². The van der Waals surface area contributed by atoms with Gasteiger partial charge in [-0.2, -0.15) is 0 Å². The zero-order valence-electron chi connectivity index (χ0n) is 32.8. The number of para-hydroxylation sites is 2. The topological polar surface area (TPSA) is 34.8 Å². The molecular weight excluding hydrogens is 733 g/mol. The average Bonchev–Trinajstić information content (AvgIpc) is 3.69. The van der Waals surface area contributed by atoms with Gasteiger partial charge in [0.05, 0.1) is 11.4 Å². The van der Waals surface area contributed by atoms with Crippen LogP contribution in [0.4, 0.5) is 17.1 Å². The van der Waals surface area contributed by atoms with E-state index in [0.29, 0.717) is 0 Å². The van der Waals surface area contributed by atoms with Crippen LogP contribution in [-0.4, -0.2) is 6.71 Å². The van der Waals surface area contributed by atoms with E-state index in [-0.39, 0.29) is 6.71 Å². The minimum atomic E-state index is -0.0957. The Morgan fingerprint density at radius 1 is 0.400 bits per heavy atom. The first-order valence-corrected chi connectivity index (χ1v) is 20.4. The summed E-state index contributed by atoms with van der Waals surface area (Å²) in [4.78, 5) is 2.32. The van der Waals surface area contributed by atoms with Crippen molar-refractivity contribution in [2.75, 3.05) is 4.90 Å². The number of aryl methyl sites for hydroxylation is 1. The third-order valence-electron chi connectivity index (χ3n) is 12.1. The lowest BCUT2D eigenvalue weighted by Crippen LogP contribution is -2.57. The van der Waals surface area contributed by atoms with Crippen LogP contribution >= 0.6 is 0 Å². The molecule has 0 radical (unpaired) electrons. The molecule has 3 heterocycles. The molecule has 0 saturated carbocycles. The molecule has 0 unspecified atom stereocenters. The molecule has 60 heavy (non-hydrogen) atoms.